The van der Waals surface area contributed by atoms with Crippen LogP contribution in [0.5, 0.6) is 0 Å². The third-order valence-electron chi connectivity index (χ3n) is 4.08. The molecule has 0 saturated carbocycles. The van der Waals surface area contributed by atoms with E-state index in [4.69, 9.17) is 0 Å². The molecule has 1 aliphatic rings. The second kappa shape index (κ2) is 6.37. The summed E-state index contributed by atoms with van der Waals surface area (Å²) in [6.45, 7) is 2.82. The van der Waals surface area contributed by atoms with Crippen LogP contribution in [0, 0.1) is 5.82 Å². The molecule has 0 aromatic heterocycles. The number of nitrogens with one attached hydrogen (secondary N) is 1. The summed E-state index contributed by atoms with van der Waals surface area (Å²) in [7, 11) is 2.11. The fourth-order valence-electron chi connectivity index (χ4n) is 3.03. The summed E-state index contributed by atoms with van der Waals surface area (Å²) in [6, 6.07) is 15.8. The van der Waals surface area contributed by atoms with Crippen molar-refractivity contribution in [2.45, 2.75) is 19.0 Å². The maximum absolute atomic E-state index is 12.9. The van der Waals surface area contributed by atoms with Gasteiger partial charge in [0.05, 0.1) is 0 Å². The first-order chi connectivity index (χ1) is 10.2. The minimum atomic E-state index is -0.177. The Hall–Kier alpha value is -1.71. The maximum Gasteiger partial charge on any atom is 0.123 e. The van der Waals surface area contributed by atoms with Gasteiger partial charge in [-0.2, -0.15) is 0 Å². The topological polar surface area (TPSA) is 15.3 Å². The predicted molar refractivity (Wildman–Crippen MR) is 83.6 cm³/mol. The van der Waals surface area contributed by atoms with Crippen molar-refractivity contribution in [2.24, 2.45) is 0 Å². The standard InChI is InChI=1S/C18H21FN2/c1-21(12-14-6-8-16(19)9-7-14)13-18-17-5-3-2-4-15(17)10-11-20-18/h2-9,18,20H,10-13H2,1H3. The van der Waals surface area contributed by atoms with Gasteiger partial charge in [0, 0.05) is 19.1 Å². The van der Waals surface area contributed by atoms with E-state index < -0.39 is 0 Å². The minimum absolute atomic E-state index is 0.177. The number of nitrogens with zero attached hydrogens (tertiary/aromatic N) is 1. The van der Waals surface area contributed by atoms with Crippen molar-refractivity contribution in [3.63, 3.8) is 0 Å². The van der Waals surface area contributed by atoms with E-state index in [9.17, 15) is 4.39 Å². The number of benzene rings is 2. The van der Waals surface area contributed by atoms with E-state index in [1.54, 1.807) is 0 Å². The van der Waals surface area contributed by atoms with Crippen LogP contribution in [0.25, 0.3) is 0 Å². The quantitative estimate of drug-likeness (QED) is 0.928. The second-order valence-electron chi connectivity index (χ2n) is 5.78. The SMILES string of the molecule is CN(Cc1ccc(F)cc1)CC1NCCc2ccccc21. The van der Waals surface area contributed by atoms with Crippen LogP contribution in [-0.4, -0.2) is 25.0 Å². The van der Waals surface area contributed by atoms with Crippen molar-refractivity contribution in [1.29, 1.82) is 0 Å². The molecule has 110 valence electrons. The highest BCUT2D eigenvalue weighted by Gasteiger charge is 2.20. The van der Waals surface area contributed by atoms with Gasteiger partial charge in [0.15, 0.2) is 0 Å². The Balaban J connectivity index is 1.65. The number of likely N-dealkylation sites (N-methyl/N-ethyl adjacent to an activating group) is 1. The molecule has 1 unspecified atom stereocenters. The van der Waals surface area contributed by atoms with E-state index in [1.807, 2.05) is 12.1 Å². The molecule has 1 heterocycles. The van der Waals surface area contributed by atoms with Gasteiger partial charge in [-0.15, -0.1) is 0 Å². The Kier molecular flexibility index (Phi) is 4.32. The minimum Gasteiger partial charge on any atom is -0.309 e. The Labute approximate surface area is 125 Å². The first kappa shape index (κ1) is 14.2. The van der Waals surface area contributed by atoms with E-state index >= 15 is 0 Å². The molecule has 2 nitrogen and oxygen atoms in total. The Morgan fingerprint density at radius 3 is 2.71 bits per heavy atom. The average Bonchev–Trinajstić information content (AvgIpc) is 2.50. The molecule has 2 aromatic rings. The van der Waals surface area contributed by atoms with Crippen LogP contribution in [0.15, 0.2) is 48.5 Å². The smallest absolute Gasteiger partial charge is 0.123 e. The molecule has 0 fully saturated rings. The van der Waals surface area contributed by atoms with Crippen LogP contribution in [-0.2, 0) is 13.0 Å². The van der Waals surface area contributed by atoms with Gasteiger partial charge >= 0.3 is 0 Å². The third kappa shape index (κ3) is 3.49. The van der Waals surface area contributed by atoms with Gasteiger partial charge in [0.1, 0.15) is 5.82 Å². The molecule has 1 atom stereocenters. The van der Waals surface area contributed by atoms with Crippen molar-refractivity contribution in [3.05, 3.63) is 71.0 Å². The van der Waals surface area contributed by atoms with Crippen molar-refractivity contribution in [2.75, 3.05) is 20.1 Å². The van der Waals surface area contributed by atoms with Crippen LogP contribution in [0.1, 0.15) is 22.7 Å². The summed E-state index contributed by atoms with van der Waals surface area (Å²) in [5.74, 6) is -0.177. The third-order valence-corrected chi connectivity index (χ3v) is 4.08. The van der Waals surface area contributed by atoms with Gasteiger partial charge in [-0.25, -0.2) is 4.39 Å². The molecular formula is C18H21FN2. The van der Waals surface area contributed by atoms with Crippen molar-refractivity contribution in [1.82, 2.24) is 10.2 Å². The molecule has 1 aliphatic heterocycles. The number of hydrogen-bond acceptors (Lipinski definition) is 2. The molecular weight excluding hydrogens is 263 g/mol. The summed E-state index contributed by atoms with van der Waals surface area (Å²) in [6.07, 6.45) is 1.11. The first-order valence-corrected chi connectivity index (χ1v) is 7.46. The van der Waals surface area contributed by atoms with Gasteiger partial charge in [0.2, 0.25) is 0 Å². The number of fused-ring (bicyclic) bond motifs is 1. The average molecular weight is 284 g/mol. The fraction of sp³-hybridized carbons (Fsp3) is 0.333. The molecule has 3 rings (SSSR count). The lowest BCUT2D eigenvalue weighted by atomic mass is 9.94. The lowest BCUT2D eigenvalue weighted by Gasteiger charge is -2.30. The summed E-state index contributed by atoms with van der Waals surface area (Å²) in [5.41, 5.74) is 4.01. The number of rotatable bonds is 4. The number of halogens is 1. The summed E-state index contributed by atoms with van der Waals surface area (Å²) in [5, 5.41) is 3.60. The first-order valence-electron chi connectivity index (χ1n) is 7.46. The van der Waals surface area contributed by atoms with Gasteiger partial charge in [-0.1, -0.05) is 36.4 Å². The number of hydrogen-bond donors (Lipinski definition) is 1. The molecule has 0 bridgehead atoms. The van der Waals surface area contributed by atoms with Gasteiger partial charge in [-0.3, -0.25) is 0 Å². The van der Waals surface area contributed by atoms with E-state index in [1.165, 1.54) is 23.3 Å². The van der Waals surface area contributed by atoms with Crippen LogP contribution < -0.4 is 5.32 Å². The Bertz CT molecular complexity index is 594. The zero-order valence-corrected chi connectivity index (χ0v) is 12.3. The Morgan fingerprint density at radius 1 is 1.14 bits per heavy atom. The predicted octanol–water partition coefficient (Wildman–Crippen LogP) is 3.14. The highest BCUT2D eigenvalue weighted by Crippen LogP contribution is 2.23. The van der Waals surface area contributed by atoms with Crippen molar-refractivity contribution < 1.29 is 4.39 Å². The molecule has 0 spiro atoms. The second-order valence-corrected chi connectivity index (χ2v) is 5.78. The van der Waals surface area contributed by atoms with Crippen LogP contribution in [0.2, 0.25) is 0 Å². The molecule has 3 heteroatoms. The lowest BCUT2D eigenvalue weighted by molar-refractivity contribution is 0.278. The maximum atomic E-state index is 12.9. The molecule has 0 saturated heterocycles. The van der Waals surface area contributed by atoms with E-state index in [-0.39, 0.29) is 5.82 Å². The Morgan fingerprint density at radius 2 is 1.90 bits per heavy atom. The van der Waals surface area contributed by atoms with Gasteiger partial charge < -0.3 is 10.2 Å². The molecule has 0 amide bonds. The molecule has 21 heavy (non-hydrogen) atoms. The van der Waals surface area contributed by atoms with Crippen molar-refractivity contribution in [3.8, 4) is 0 Å². The van der Waals surface area contributed by atoms with Crippen molar-refractivity contribution >= 4 is 0 Å². The van der Waals surface area contributed by atoms with E-state index in [0.717, 1.165) is 31.6 Å². The zero-order valence-electron chi connectivity index (χ0n) is 12.3. The zero-order chi connectivity index (χ0) is 14.7. The molecule has 0 radical (unpaired) electrons. The lowest BCUT2D eigenvalue weighted by Crippen LogP contribution is -2.37. The van der Waals surface area contributed by atoms with E-state index in [2.05, 4.69) is 41.5 Å². The highest BCUT2D eigenvalue weighted by molar-refractivity contribution is 5.32. The van der Waals surface area contributed by atoms with Gasteiger partial charge in [-0.05, 0) is 48.8 Å². The van der Waals surface area contributed by atoms with Crippen LogP contribution in [0.3, 0.4) is 0 Å². The summed E-state index contributed by atoms with van der Waals surface area (Å²) < 4.78 is 12.9. The summed E-state index contributed by atoms with van der Waals surface area (Å²) in [4.78, 5) is 2.28. The highest BCUT2D eigenvalue weighted by atomic mass is 19.1. The normalized spacial score (nSPS) is 17.8. The molecule has 0 aliphatic carbocycles. The van der Waals surface area contributed by atoms with Crippen LogP contribution in [0.4, 0.5) is 4.39 Å². The van der Waals surface area contributed by atoms with Crippen LogP contribution >= 0.6 is 0 Å². The van der Waals surface area contributed by atoms with Gasteiger partial charge in [0.25, 0.3) is 0 Å². The largest absolute Gasteiger partial charge is 0.309 e. The molecule has 2 aromatic carbocycles. The fourth-order valence-corrected chi connectivity index (χ4v) is 3.03. The van der Waals surface area contributed by atoms with E-state index in [0.29, 0.717) is 6.04 Å². The monoisotopic (exact) mass is 284 g/mol. The molecule has 1 N–H and O–H groups in total. The summed E-state index contributed by atoms with van der Waals surface area (Å²) >= 11 is 0.